The van der Waals surface area contributed by atoms with Gasteiger partial charge < -0.3 is 15.4 Å². The largest absolute Gasteiger partial charge is 0.495 e. The number of halogens is 1. The molecule has 1 aromatic carbocycles. The first-order valence-electron chi connectivity index (χ1n) is 9.63. The number of ether oxygens (including phenoxy) is 1. The summed E-state index contributed by atoms with van der Waals surface area (Å²) in [5.41, 5.74) is 0.640. The number of nitrogens with zero attached hydrogens (tertiary/aromatic N) is 1. The second kappa shape index (κ2) is 9.61. The Morgan fingerprint density at radius 1 is 1.24 bits per heavy atom. The van der Waals surface area contributed by atoms with Crippen molar-refractivity contribution in [2.24, 2.45) is 0 Å². The molecule has 1 saturated heterocycles. The molecule has 1 unspecified atom stereocenters. The van der Waals surface area contributed by atoms with Crippen molar-refractivity contribution in [2.45, 2.75) is 38.8 Å². The number of carbonyl (C=O) groups is 2. The van der Waals surface area contributed by atoms with Gasteiger partial charge in [0.25, 0.3) is 5.91 Å². The molecule has 1 aliphatic heterocycles. The van der Waals surface area contributed by atoms with Crippen LogP contribution in [0.15, 0.2) is 30.3 Å². The molecule has 156 valence electrons. The van der Waals surface area contributed by atoms with Crippen molar-refractivity contribution in [1.82, 2.24) is 10.2 Å². The van der Waals surface area contributed by atoms with E-state index in [2.05, 4.69) is 15.5 Å². The number of rotatable bonds is 6. The van der Waals surface area contributed by atoms with E-state index in [9.17, 15) is 9.59 Å². The zero-order chi connectivity index (χ0) is 21.0. The maximum absolute atomic E-state index is 12.6. The van der Waals surface area contributed by atoms with Crippen molar-refractivity contribution in [3.8, 4) is 5.75 Å². The van der Waals surface area contributed by atoms with Crippen LogP contribution in [0.1, 0.15) is 34.3 Å². The minimum Gasteiger partial charge on any atom is -0.495 e. The normalized spacial score (nSPS) is 16.3. The van der Waals surface area contributed by atoms with Crippen molar-refractivity contribution in [2.75, 3.05) is 25.5 Å². The molecular weight excluding hydrogens is 410 g/mol. The fourth-order valence-electron chi connectivity index (χ4n) is 3.40. The summed E-state index contributed by atoms with van der Waals surface area (Å²) in [6.07, 6.45) is 1.64. The number of carbonyl (C=O) groups excluding carboxylic acids is 2. The molecule has 1 atom stereocenters. The second-order valence-corrected chi connectivity index (χ2v) is 8.90. The lowest BCUT2D eigenvalue weighted by Gasteiger charge is -2.35. The quantitative estimate of drug-likeness (QED) is 0.721. The number of hydrogen-bond donors (Lipinski definition) is 2. The lowest BCUT2D eigenvalue weighted by molar-refractivity contribution is -0.121. The lowest BCUT2D eigenvalue weighted by Crippen LogP contribution is -2.50. The van der Waals surface area contributed by atoms with Crippen molar-refractivity contribution < 1.29 is 14.3 Å². The number of amides is 2. The molecule has 2 amide bonds. The number of anilines is 1. The first-order valence-corrected chi connectivity index (χ1v) is 10.8. The smallest absolute Gasteiger partial charge is 0.261 e. The molecule has 1 aromatic heterocycles. The third-order valence-electron chi connectivity index (χ3n) is 5.18. The molecular formula is C21H26ClN3O3S. The van der Waals surface area contributed by atoms with E-state index < -0.39 is 0 Å². The Morgan fingerprint density at radius 2 is 1.97 bits per heavy atom. The highest BCUT2D eigenvalue weighted by Crippen LogP contribution is 2.27. The van der Waals surface area contributed by atoms with Gasteiger partial charge in [-0.3, -0.25) is 14.5 Å². The number of piperidine rings is 1. The molecule has 6 nitrogen and oxygen atoms in total. The minimum atomic E-state index is -0.271. The van der Waals surface area contributed by atoms with Crippen LogP contribution in [0, 0.1) is 6.92 Å². The standard InChI is InChI=1S/C21H26ClN3O3S/c1-13-4-7-19(29-13)21(27)23-15-8-10-25(11-9-15)14(2)20(26)24-16-5-6-18(28-3)17(22)12-16/h4-7,12,14-15H,8-11H2,1-3H3,(H,23,27)(H,24,26). The highest BCUT2D eigenvalue weighted by Gasteiger charge is 2.27. The van der Waals surface area contributed by atoms with E-state index in [1.54, 1.807) is 25.3 Å². The molecule has 29 heavy (non-hydrogen) atoms. The molecule has 0 radical (unpaired) electrons. The maximum atomic E-state index is 12.6. The molecule has 2 heterocycles. The summed E-state index contributed by atoms with van der Waals surface area (Å²) in [4.78, 5) is 29.0. The summed E-state index contributed by atoms with van der Waals surface area (Å²) in [5.74, 6) is 0.478. The van der Waals surface area contributed by atoms with E-state index in [1.165, 1.54) is 11.3 Å². The van der Waals surface area contributed by atoms with Crippen molar-refractivity contribution >= 4 is 40.4 Å². The number of likely N-dealkylation sites (tertiary alicyclic amines) is 1. The predicted molar refractivity (Wildman–Crippen MR) is 117 cm³/mol. The zero-order valence-electron chi connectivity index (χ0n) is 16.8. The maximum Gasteiger partial charge on any atom is 0.261 e. The van der Waals surface area contributed by atoms with Gasteiger partial charge in [-0.2, -0.15) is 0 Å². The van der Waals surface area contributed by atoms with Gasteiger partial charge in [-0.15, -0.1) is 11.3 Å². The number of methoxy groups -OCH3 is 1. The number of thiophene rings is 1. The third kappa shape index (κ3) is 5.50. The Bertz CT molecular complexity index is 878. The molecule has 2 aromatic rings. The zero-order valence-corrected chi connectivity index (χ0v) is 18.4. The van der Waals surface area contributed by atoms with Crippen LogP contribution in [0.25, 0.3) is 0 Å². The first-order chi connectivity index (χ1) is 13.9. The van der Waals surface area contributed by atoms with Crippen LogP contribution in [0.4, 0.5) is 5.69 Å². The molecule has 0 bridgehead atoms. The van der Waals surface area contributed by atoms with Gasteiger partial charge in [-0.25, -0.2) is 0 Å². The summed E-state index contributed by atoms with van der Waals surface area (Å²) in [6, 6.07) is 8.86. The summed E-state index contributed by atoms with van der Waals surface area (Å²) in [6.45, 7) is 5.40. The average Bonchev–Trinajstić information content (AvgIpc) is 3.14. The van der Waals surface area contributed by atoms with Gasteiger partial charge >= 0.3 is 0 Å². The highest BCUT2D eigenvalue weighted by molar-refractivity contribution is 7.13. The van der Waals surface area contributed by atoms with Gasteiger partial charge in [-0.1, -0.05) is 11.6 Å². The SMILES string of the molecule is COc1ccc(NC(=O)C(C)N2CCC(NC(=O)c3ccc(C)s3)CC2)cc1Cl. The summed E-state index contributed by atoms with van der Waals surface area (Å²) in [7, 11) is 1.55. The van der Waals surface area contributed by atoms with Crippen LogP contribution < -0.4 is 15.4 Å². The number of nitrogens with one attached hydrogen (secondary N) is 2. The van der Waals surface area contributed by atoms with E-state index in [1.807, 2.05) is 26.0 Å². The van der Waals surface area contributed by atoms with Crippen LogP contribution in [0.5, 0.6) is 5.75 Å². The molecule has 0 aliphatic carbocycles. The molecule has 1 aliphatic rings. The fraction of sp³-hybridized carbons (Fsp3) is 0.429. The van der Waals surface area contributed by atoms with Gasteiger partial charge in [0.05, 0.1) is 23.1 Å². The molecule has 2 N–H and O–H groups in total. The Kier molecular flexibility index (Phi) is 7.16. The fourth-order valence-corrected chi connectivity index (χ4v) is 4.43. The molecule has 0 spiro atoms. The van der Waals surface area contributed by atoms with Crippen LogP contribution >= 0.6 is 22.9 Å². The average molecular weight is 436 g/mol. The Morgan fingerprint density at radius 3 is 2.55 bits per heavy atom. The van der Waals surface area contributed by atoms with E-state index >= 15 is 0 Å². The Balaban J connectivity index is 1.49. The summed E-state index contributed by atoms with van der Waals surface area (Å²) < 4.78 is 5.13. The van der Waals surface area contributed by atoms with Crippen LogP contribution in [-0.4, -0.2) is 49.0 Å². The first kappa shape index (κ1) is 21.6. The summed E-state index contributed by atoms with van der Waals surface area (Å²) >= 11 is 7.63. The third-order valence-corrected chi connectivity index (χ3v) is 6.47. The van der Waals surface area contributed by atoms with Crippen LogP contribution in [0.2, 0.25) is 5.02 Å². The Labute approximate surface area is 180 Å². The predicted octanol–water partition coefficient (Wildman–Crippen LogP) is 3.94. The van der Waals surface area contributed by atoms with Gasteiger partial charge in [0, 0.05) is 29.7 Å². The second-order valence-electron chi connectivity index (χ2n) is 7.21. The van der Waals surface area contributed by atoms with Gasteiger partial charge in [0.1, 0.15) is 5.75 Å². The van der Waals surface area contributed by atoms with Gasteiger partial charge in [-0.05, 0) is 57.0 Å². The van der Waals surface area contributed by atoms with Gasteiger partial charge in [0.15, 0.2) is 0 Å². The van der Waals surface area contributed by atoms with Crippen molar-refractivity contribution in [3.63, 3.8) is 0 Å². The van der Waals surface area contributed by atoms with Gasteiger partial charge in [0.2, 0.25) is 5.91 Å². The number of hydrogen-bond acceptors (Lipinski definition) is 5. The van der Waals surface area contributed by atoms with Crippen molar-refractivity contribution in [3.05, 3.63) is 45.1 Å². The minimum absolute atomic E-state index is 0.0104. The van der Waals surface area contributed by atoms with Crippen LogP contribution in [0.3, 0.4) is 0 Å². The van der Waals surface area contributed by atoms with E-state index in [0.717, 1.165) is 35.7 Å². The monoisotopic (exact) mass is 435 g/mol. The van der Waals surface area contributed by atoms with E-state index in [0.29, 0.717) is 16.5 Å². The molecule has 0 saturated carbocycles. The summed E-state index contributed by atoms with van der Waals surface area (Å²) in [5, 5.41) is 6.48. The van der Waals surface area contributed by atoms with Crippen LogP contribution in [-0.2, 0) is 4.79 Å². The molecule has 8 heteroatoms. The van der Waals surface area contributed by atoms with E-state index in [4.69, 9.17) is 16.3 Å². The van der Waals surface area contributed by atoms with Crippen molar-refractivity contribution in [1.29, 1.82) is 0 Å². The topological polar surface area (TPSA) is 70.7 Å². The number of benzene rings is 1. The Hall–Kier alpha value is -2.09. The lowest BCUT2D eigenvalue weighted by atomic mass is 10.0. The molecule has 1 fully saturated rings. The highest BCUT2D eigenvalue weighted by atomic mass is 35.5. The number of aryl methyl sites for hydroxylation is 1. The van der Waals surface area contributed by atoms with E-state index in [-0.39, 0.29) is 23.9 Å². The molecule has 3 rings (SSSR count).